The summed E-state index contributed by atoms with van der Waals surface area (Å²) in [5.74, 6) is 0.710. The third-order valence-electron chi connectivity index (χ3n) is 3.37. The molecule has 1 aromatic carbocycles. The lowest BCUT2D eigenvalue weighted by Crippen LogP contribution is -2.25. The molecule has 1 atom stereocenters. The van der Waals surface area contributed by atoms with Crippen LogP contribution in [-0.4, -0.2) is 28.1 Å². The van der Waals surface area contributed by atoms with Gasteiger partial charge in [0.15, 0.2) is 0 Å². The van der Waals surface area contributed by atoms with Crippen molar-refractivity contribution in [1.29, 1.82) is 0 Å². The number of hydrogen-bond donors (Lipinski definition) is 2. The van der Waals surface area contributed by atoms with Gasteiger partial charge < -0.3 is 10.5 Å². The molecule has 0 amide bonds. The Kier molecular flexibility index (Phi) is 3.85. The molecule has 0 spiro atoms. The Labute approximate surface area is 114 Å². The minimum atomic E-state index is -3.53. The number of nitrogens with one attached hydrogen (secondary N) is 1. The number of ether oxygens (including phenoxy) is 1. The van der Waals surface area contributed by atoms with Gasteiger partial charge in [0, 0.05) is 13.0 Å². The summed E-state index contributed by atoms with van der Waals surface area (Å²) in [6.07, 6.45) is 0.529. The summed E-state index contributed by atoms with van der Waals surface area (Å²) in [5, 5.41) is 0. The highest BCUT2D eigenvalue weighted by Crippen LogP contribution is 2.37. The van der Waals surface area contributed by atoms with Crippen LogP contribution in [0.4, 0.5) is 0 Å². The first kappa shape index (κ1) is 14.3. The van der Waals surface area contributed by atoms with Crippen molar-refractivity contribution in [3.05, 3.63) is 23.3 Å². The molecule has 19 heavy (non-hydrogen) atoms. The van der Waals surface area contributed by atoms with Crippen molar-refractivity contribution in [2.24, 2.45) is 5.73 Å². The average molecular weight is 284 g/mol. The van der Waals surface area contributed by atoms with Gasteiger partial charge in [-0.15, -0.1) is 0 Å². The Balaban J connectivity index is 2.60. The van der Waals surface area contributed by atoms with Crippen LogP contribution in [0.15, 0.2) is 17.0 Å². The molecule has 6 heteroatoms. The van der Waals surface area contributed by atoms with E-state index in [1.54, 1.807) is 6.07 Å². The first-order valence-corrected chi connectivity index (χ1v) is 7.84. The predicted octanol–water partition coefficient (Wildman–Crippen LogP) is 0.980. The molecule has 0 aromatic heterocycles. The largest absolute Gasteiger partial charge is 0.487 e. The predicted molar refractivity (Wildman–Crippen MR) is 74.0 cm³/mol. The van der Waals surface area contributed by atoms with E-state index in [0.29, 0.717) is 18.7 Å². The molecule has 0 saturated carbocycles. The third kappa shape index (κ3) is 2.61. The number of sulfonamides is 1. The quantitative estimate of drug-likeness (QED) is 0.863. The Morgan fingerprint density at radius 2 is 2.16 bits per heavy atom. The number of benzene rings is 1. The Bertz CT molecular complexity index is 582. The van der Waals surface area contributed by atoms with Crippen LogP contribution in [-0.2, 0) is 16.4 Å². The maximum Gasteiger partial charge on any atom is 0.244 e. The van der Waals surface area contributed by atoms with Gasteiger partial charge in [-0.3, -0.25) is 0 Å². The molecule has 0 fully saturated rings. The van der Waals surface area contributed by atoms with E-state index in [2.05, 4.69) is 4.72 Å². The van der Waals surface area contributed by atoms with E-state index in [1.807, 2.05) is 19.9 Å². The minimum Gasteiger partial charge on any atom is -0.487 e. The molecule has 0 saturated heterocycles. The zero-order chi connectivity index (χ0) is 14.2. The van der Waals surface area contributed by atoms with Gasteiger partial charge in [-0.1, -0.05) is 19.9 Å². The van der Waals surface area contributed by atoms with E-state index in [0.717, 1.165) is 11.1 Å². The first-order chi connectivity index (χ1) is 8.89. The van der Waals surface area contributed by atoms with E-state index < -0.39 is 10.0 Å². The normalized spacial score (nSPS) is 18.5. The second kappa shape index (κ2) is 5.11. The minimum absolute atomic E-state index is 0.136. The summed E-state index contributed by atoms with van der Waals surface area (Å²) in [6, 6.07) is 3.71. The molecule has 0 bridgehead atoms. The zero-order valence-electron chi connectivity index (χ0n) is 11.4. The van der Waals surface area contributed by atoms with Gasteiger partial charge in [0.25, 0.3) is 0 Å². The highest BCUT2D eigenvalue weighted by Gasteiger charge is 2.30. The van der Waals surface area contributed by atoms with Crippen molar-refractivity contribution in [1.82, 2.24) is 4.72 Å². The Morgan fingerprint density at radius 3 is 2.68 bits per heavy atom. The summed E-state index contributed by atoms with van der Waals surface area (Å²) in [4.78, 5) is 0.215. The highest BCUT2D eigenvalue weighted by atomic mass is 32.2. The molecule has 0 radical (unpaired) electrons. The first-order valence-electron chi connectivity index (χ1n) is 6.36. The fourth-order valence-electron chi connectivity index (χ4n) is 2.20. The second-order valence-electron chi connectivity index (χ2n) is 5.05. The molecular weight excluding hydrogens is 264 g/mol. The monoisotopic (exact) mass is 284 g/mol. The molecule has 2 rings (SSSR count). The van der Waals surface area contributed by atoms with E-state index in [1.165, 1.54) is 7.05 Å². The topological polar surface area (TPSA) is 81.4 Å². The van der Waals surface area contributed by atoms with Gasteiger partial charge in [-0.25, -0.2) is 13.1 Å². The van der Waals surface area contributed by atoms with Crippen molar-refractivity contribution in [3.8, 4) is 5.75 Å². The molecule has 5 nitrogen and oxygen atoms in total. The maximum atomic E-state index is 12.1. The Hall–Kier alpha value is -1.11. The van der Waals surface area contributed by atoms with Crippen molar-refractivity contribution >= 4 is 10.0 Å². The molecule has 106 valence electrons. The second-order valence-corrected chi connectivity index (χ2v) is 6.90. The van der Waals surface area contributed by atoms with E-state index >= 15 is 0 Å². The number of hydrogen-bond acceptors (Lipinski definition) is 4. The molecule has 1 aromatic rings. The van der Waals surface area contributed by atoms with Gasteiger partial charge in [0.2, 0.25) is 10.0 Å². The standard InChI is InChI=1S/C13H20N2O3S/c1-8(2)9-4-10-5-11(7-14)18-13(10)12(6-9)19(16,17)15-3/h4,6,8,11,15H,5,7,14H2,1-3H3. The van der Waals surface area contributed by atoms with Gasteiger partial charge >= 0.3 is 0 Å². The van der Waals surface area contributed by atoms with Gasteiger partial charge in [-0.2, -0.15) is 0 Å². The van der Waals surface area contributed by atoms with Crippen LogP contribution >= 0.6 is 0 Å². The molecule has 0 aliphatic carbocycles. The number of nitrogens with two attached hydrogens (primary N) is 1. The fourth-order valence-corrected chi connectivity index (χ4v) is 3.13. The van der Waals surface area contributed by atoms with Crippen molar-refractivity contribution < 1.29 is 13.2 Å². The molecule has 1 aliphatic heterocycles. The van der Waals surface area contributed by atoms with Gasteiger partial charge in [-0.05, 0) is 30.2 Å². The van der Waals surface area contributed by atoms with Crippen LogP contribution in [0.1, 0.15) is 30.9 Å². The van der Waals surface area contributed by atoms with Crippen LogP contribution in [0.2, 0.25) is 0 Å². The molecule has 1 unspecified atom stereocenters. The zero-order valence-corrected chi connectivity index (χ0v) is 12.3. The van der Waals surface area contributed by atoms with Crippen molar-refractivity contribution in [2.75, 3.05) is 13.6 Å². The lowest BCUT2D eigenvalue weighted by molar-refractivity contribution is 0.236. The third-order valence-corrected chi connectivity index (χ3v) is 4.79. The van der Waals surface area contributed by atoms with E-state index in [-0.39, 0.29) is 16.9 Å². The fraction of sp³-hybridized carbons (Fsp3) is 0.538. The molecular formula is C13H20N2O3S. The molecule has 1 heterocycles. The smallest absolute Gasteiger partial charge is 0.244 e. The van der Waals surface area contributed by atoms with Crippen molar-refractivity contribution in [3.63, 3.8) is 0 Å². The van der Waals surface area contributed by atoms with Gasteiger partial charge in [0.1, 0.15) is 16.7 Å². The summed E-state index contributed by atoms with van der Waals surface area (Å²) in [5.41, 5.74) is 7.53. The number of fused-ring (bicyclic) bond motifs is 1. The SMILES string of the molecule is CNS(=O)(=O)c1cc(C(C)C)cc2c1OC(CN)C2. The van der Waals surface area contributed by atoms with Crippen LogP contribution < -0.4 is 15.2 Å². The van der Waals surface area contributed by atoms with Crippen LogP contribution in [0, 0.1) is 0 Å². The van der Waals surface area contributed by atoms with Crippen LogP contribution in [0.25, 0.3) is 0 Å². The molecule has 1 aliphatic rings. The van der Waals surface area contributed by atoms with Crippen LogP contribution in [0.3, 0.4) is 0 Å². The number of rotatable bonds is 4. The van der Waals surface area contributed by atoms with E-state index in [4.69, 9.17) is 10.5 Å². The maximum absolute atomic E-state index is 12.1. The van der Waals surface area contributed by atoms with Gasteiger partial charge in [0.05, 0.1) is 0 Å². The lowest BCUT2D eigenvalue weighted by Gasteiger charge is -2.13. The summed E-state index contributed by atoms with van der Waals surface area (Å²) < 4.78 is 32.2. The molecule has 3 N–H and O–H groups in total. The summed E-state index contributed by atoms with van der Waals surface area (Å²) >= 11 is 0. The van der Waals surface area contributed by atoms with Crippen LogP contribution in [0.5, 0.6) is 5.75 Å². The van der Waals surface area contributed by atoms with Crippen molar-refractivity contribution in [2.45, 2.75) is 37.2 Å². The Morgan fingerprint density at radius 1 is 1.47 bits per heavy atom. The lowest BCUT2D eigenvalue weighted by atomic mass is 9.99. The summed E-state index contributed by atoms with van der Waals surface area (Å²) in [7, 11) is -2.13. The summed E-state index contributed by atoms with van der Waals surface area (Å²) in [6.45, 7) is 4.45. The van der Waals surface area contributed by atoms with E-state index in [9.17, 15) is 8.42 Å². The average Bonchev–Trinajstić information content (AvgIpc) is 2.79. The highest BCUT2D eigenvalue weighted by molar-refractivity contribution is 7.89.